The molecule has 0 atom stereocenters. The third-order valence-electron chi connectivity index (χ3n) is 9.62. The van der Waals surface area contributed by atoms with Crippen molar-refractivity contribution in [2.45, 2.75) is 5.41 Å². The van der Waals surface area contributed by atoms with E-state index in [0.29, 0.717) is 11.4 Å². The zero-order valence-electron chi connectivity index (χ0n) is 27.0. The molecule has 0 amide bonds. The van der Waals surface area contributed by atoms with Crippen molar-refractivity contribution in [2.75, 3.05) is 0 Å². The Morgan fingerprint density at radius 2 is 1.04 bits per heavy atom. The van der Waals surface area contributed by atoms with Crippen molar-refractivity contribution in [1.82, 2.24) is 4.98 Å². The van der Waals surface area contributed by atoms with Crippen LogP contribution in [0, 0.1) is 0 Å². The topological polar surface area (TPSA) is 64.9 Å². The van der Waals surface area contributed by atoms with Crippen LogP contribution in [-0.4, -0.2) is 4.98 Å². The molecule has 4 N–H and O–H groups in total. The van der Waals surface area contributed by atoms with Gasteiger partial charge in [-0.3, -0.25) is 4.98 Å². The molecule has 1 heterocycles. The van der Waals surface area contributed by atoms with E-state index in [9.17, 15) is 0 Å². The summed E-state index contributed by atoms with van der Waals surface area (Å²) in [6.45, 7) is 0. The zero-order valence-corrected chi connectivity index (χ0v) is 27.0. The Morgan fingerprint density at radius 1 is 0.469 bits per heavy atom. The van der Waals surface area contributed by atoms with Gasteiger partial charge in [0, 0.05) is 34.3 Å². The normalized spacial score (nSPS) is 13.5. The van der Waals surface area contributed by atoms with E-state index in [1.165, 1.54) is 27.8 Å². The van der Waals surface area contributed by atoms with Crippen LogP contribution in [0.15, 0.2) is 188 Å². The number of pyridine rings is 1. The van der Waals surface area contributed by atoms with E-state index in [2.05, 4.69) is 151 Å². The fourth-order valence-electron chi connectivity index (χ4n) is 7.41. The number of nitrogens with zero attached hydrogens (tertiary/aromatic N) is 1. The van der Waals surface area contributed by atoms with Gasteiger partial charge in [0.1, 0.15) is 0 Å². The summed E-state index contributed by atoms with van der Waals surface area (Å²) in [5, 5.41) is 0. The molecule has 0 unspecified atom stereocenters. The minimum Gasteiger partial charge on any atom is -0.398 e. The number of fused-ring (bicyclic) bond motifs is 3. The van der Waals surface area contributed by atoms with E-state index in [-0.39, 0.29) is 0 Å². The second-order valence-electron chi connectivity index (χ2n) is 12.3. The summed E-state index contributed by atoms with van der Waals surface area (Å²) in [5.74, 6) is 0. The zero-order chi connectivity index (χ0) is 33.2. The fraction of sp³-hybridized carbons (Fsp3) is 0.0217. The molecule has 3 nitrogen and oxygen atoms in total. The highest BCUT2D eigenvalue weighted by atomic mass is 14.7. The molecule has 234 valence electrons. The molecule has 0 saturated carbocycles. The Balaban J connectivity index is 1.18. The van der Waals surface area contributed by atoms with Gasteiger partial charge in [-0.05, 0) is 62.7 Å². The smallest absolute Gasteiger partial charge is 0.0780 e. The average molecular weight is 630 g/mol. The van der Waals surface area contributed by atoms with E-state index in [4.69, 9.17) is 11.5 Å². The lowest BCUT2D eigenvalue weighted by atomic mass is 9.67. The van der Waals surface area contributed by atoms with Crippen LogP contribution in [-0.2, 0) is 5.41 Å². The summed E-state index contributed by atoms with van der Waals surface area (Å²) < 4.78 is 0. The second kappa shape index (κ2) is 12.6. The van der Waals surface area contributed by atoms with Crippen molar-refractivity contribution in [3.8, 4) is 33.5 Å². The molecule has 1 aliphatic rings. The summed E-state index contributed by atoms with van der Waals surface area (Å²) in [6.07, 6.45) is 5.68. The molecule has 0 spiro atoms. The first-order valence-electron chi connectivity index (χ1n) is 16.5. The monoisotopic (exact) mass is 629 g/mol. The molecule has 0 saturated heterocycles. The van der Waals surface area contributed by atoms with E-state index >= 15 is 0 Å². The SMILES string of the molecule is N/C(=C\C=C(/N)c1cccc2c1-c1ccccc1C2(c1ccccc1)c1ccccc1)c1ccc(-c2cccnc2-c2ccccc2)cc1. The van der Waals surface area contributed by atoms with Gasteiger partial charge in [-0.1, -0.05) is 164 Å². The number of benzene rings is 6. The van der Waals surface area contributed by atoms with Crippen molar-refractivity contribution in [2.24, 2.45) is 11.5 Å². The van der Waals surface area contributed by atoms with Gasteiger partial charge in [0.15, 0.2) is 0 Å². The standard InChI is InChI=1S/C46H35N3/c47-42(33-27-25-32(26-28-33)37-22-13-31-49-45(37)34-14-4-1-5-15-34)29-30-43(48)39-21-12-24-41-44(39)38-20-10-11-23-40(38)46(41,35-16-6-2-7-17-35)36-18-8-3-9-19-36/h1-31H,47-48H2/b42-29-,43-30-. The Bertz CT molecular complexity index is 2280. The van der Waals surface area contributed by atoms with Crippen LogP contribution in [0.2, 0.25) is 0 Å². The minimum atomic E-state index is -0.476. The van der Waals surface area contributed by atoms with Gasteiger partial charge < -0.3 is 11.5 Å². The maximum Gasteiger partial charge on any atom is 0.0780 e. The molecule has 49 heavy (non-hydrogen) atoms. The van der Waals surface area contributed by atoms with Gasteiger partial charge >= 0.3 is 0 Å². The largest absolute Gasteiger partial charge is 0.398 e. The third kappa shape index (κ3) is 5.13. The molecule has 7 aromatic rings. The van der Waals surface area contributed by atoms with Crippen LogP contribution in [0.5, 0.6) is 0 Å². The summed E-state index contributed by atoms with van der Waals surface area (Å²) in [5.41, 5.74) is 27.8. The molecular formula is C46H35N3. The van der Waals surface area contributed by atoms with Gasteiger partial charge in [0.25, 0.3) is 0 Å². The van der Waals surface area contributed by atoms with Gasteiger partial charge in [-0.2, -0.15) is 0 Å². The summed E-state index contributed by atoms with van der Waals surface area (Å²) in [7, 11) is 0. The maximum atomic E-state index is 6.94. The van der Waals surface area contributed by atoms with Crippen LogP contribution in [0.25, 0.3) is 44.9 Å². The Morgan fingerprint density at radius 3 is 1.73 bits per heavy atom. The summed E-state index contributed by atoms with van der Waals surface area (Å²) in [4.78, 5) is 4.68. The molecule has 0 bridgehead atoms. The summed E-state index contributed by atoms with van der Waals surface area (Å²) in [6, 6.07) is 59.4. The van der Waals surface area contributed by atoms with E-state index in [1.807, 2.05) is 42.6 Å². The number of nitrogens with two attached hydrogens (primary N) is 2. The van der Waals surface area contributed by atoms with Crippen molar-refractivity contribution in [1.29, 1.82) is 0 Å². The van der Waals surface area contributed by atoms with Gasteiger partial charge in [0.2, 0.25) is 0 Å². The first-order chi connectivity index (χ1) is 24.2. The Hall–Kier alpha value is -6.45. The van der Waals surface area contributed by atoms with Crippen molar-refractivity contribution in [3.05, 3.63) is 222 Å². The molecule has 0 fully saturated rings. The summed E-state index contributed by atoms with van der Waals surface area (Å²) >= 11 is 0. The third-order valence-corrected chi connectivity index (χ3v) is 9.62. The predicted octanol–water partition coefficient (Wildman–Crippen LogP) is 10.1. The molecule has 6 aromatic carbocycles. The Labute approximate surface area is 287 Å². The second-order valence-corrected chi connectivity index (χ2v) is 12.3. The van der Waals surface area contributed by atoms with Crippen LogP contribution in [0.1, 0.15) is 33.4 Å². The molecule has 8 rings (SSSR count). The van der Waals surface area contributed by atoms with E-state index in [1.54, 1.807) is 0 Å². The number of allylic oxidation sites excluding steroid dienone is 2. The van der Waals surface area contributed by atoms with E-state index < -0.39 is 5.41 Å². The van der Waals surface area contributed by atoms with Crippen LogP contribution in [0.4, 0.5) is 0 Å². The first-order valence-corrected chi connectivity index (χ1v) is 16.5. The van der Waals surface area contributed by atoms with Crippen molar-refractivity contribution >= 4 is 11.4 Å². The minimum absolute atomic E-state index is 0.476. The Kier molecular flexibility index (Phi) is 7.71. The first kappa shape index (κ1) is 29.9. The quantitative estimate of drug-likeness (QED) is 0.173. The molecule has 0 radical (unpaired) electrons. The van der Waals surface area contributed by atoms with Crippen LogP contribution < -0.4 is 11.5 Å². The van der Waals surface area contributed by atoms with Crippen molar-refractivity contribution < 1.29 is 0 Å². The predicted molar refractivity (Wildman–Crippen MR) is 203 cm³/mol. The highest BCUT2D eigenvalue weighted by molar-refractivity contribution is 5.93. The molecule has 1 aromatic heterocycles. The van der Waals surface area contributed by atoms with Gasteiger partial charge in [-0.25, -0.2) is 0 Å². The highest BCUT2D eigenvalue weighted by Gasteiger charge is 2.46. The average Bonchev–Trinajstić information content (AvgIpc) is 3.49. The molecular weight excluding hydrogens is 595 g/mol. The number of hydrogen-bond donors (Lipinski definition) is 2. The fourth-order valence-corrected chi connectivity index (χ4v) is 7.41. The maximum absolute atomic E-state index is 6.94. The molecule has 3 heteroatoms. The van der Waals surface area contributed by atoms with E-state index in [0.717, 1.165) is 39.1 Å². The lowest BCUT2D eigenvalue weighted by Gasteiger charge is -2.34. The lowest BCUT2D eigenvalue weighted by molar-refractivity contribution is 0.768. The molecule has 0 aliphatic heterocycles. The van der Waals surface area contributed by atoms with Gasteiger partial charge in [0.05, 0.1) is 11.1 Å². The number of hydrogen-bond acceptors (Lipinski definition) is 3. The highest BCUT2D eigenvalue weighted by Crippen LogP contribution is 2.57. The number of rotatable bonds is 7. The lowest BCUT2D eigenvalue weighted by Crippen LogP contribution is -2.28. The molecule has 1 aliphatic carbocycles. The number of aromatic nitrogens is 1. The van der Waals surface area contributed by atoms with Crippen LogP contribution >= 0.6 is 0 Å². The van der Waals surface area contributed by atoms with Crippen LogP contribution in [0.3, 0.4) is 0 Å². The van der Waals surface area contributed by atoms with Gasteiger partial charge in [-0.15, -0.1) is 0 Å². The van der Waals surface area contributed by atoms with Crippen molar-refractivity contribution in [3.63, 3.8) is 0 Å².